The van der Waals surface area contributed by atoms with Crippen molar-refractivity contribution < 1.29 is 0 Å². The molecule has 0 amide bonds. The molecule has 7 rings (SSSR count). The van der Waals surface area contributed by atoms with Crippen LogP contribution in [0.1, 0.15) is 48.7 Å². The van der Waals surface area contributed by atoms with Gasteiger partial charge >= 0.3 is 0 Å². The van der Waals surface area contributed by atoms with Crippen LogP contribution in [0.3, 0.4) is 0 Å². The van der Waals surface area contributed by atoms with Crippen LogP contribution >= 0.6 is 0 Å². The van der Waals surface area contributed by atoms with Gasteiger partial charge in [-0.3, -0.25) is 0 Å². The lowest BCUT2D eigenvalue weighted by molar-refractivity contribution is 0.692. The predicted octanol–water partition coefficient (Wildman–Crippen LogP) is 10.7. The molecule has 6 aromatic rings. The molecule has 1 aliphatic rings. The lowest BCUT2D eigenvalue weighted by atomic mass is 9.71. The third-order valence-corrected chi connectivity index (χ3v) is 9.65. The van der Waals surface area contributed by atoms with Gasteiger partial charge in [-0.15, -0.1) is 0 Å². The average molecular weight is 559 g/mol. The quantitative estimate of drug-likeness (QED) is 0.197. The number of benzene rings is 5. The summed E-state index contributed by atoms with van der Waals surface area (Å²) in [6.45, 7) is 9.19. The molecular weight excluding hydrogens is 520 g/mol. The van der Waals surface area contributed by atoms with E-state index in [1.807, 2.05) is 0 Å². The molecule has 212 valence electrons. The van der Waals surface area contributed by atoms with Crippen LogP contribution < -0.4 is 4.90 Å². The second kappa shape index (κ2) is 10.5. The summed E-state index contributed by atoms with van der Waals surface area (Å²) >= 11 is 0. The van der Waals surface area contributed by atoms with Crippen LogP contribution in [0.5, 0.6) is 0 Å². The first-order valence-corrected chi connectivity index (χ1v) is 15.3. The largest absolute Gasteiger partial charge is 0.345 e. The maximum atomic E-state index is 2.46. The van der Waals surface area contributed by atoms with Crippen molar-refractivity contribution in [2.75, 3.05) is 11.9 Å². The van der Waals surface area contributed by atoms with Crippen molar-refractivity contribution >= 4 is 28.4 Å². The van der Waals surface area contributed by atoms with Gasteiger partial charge in [-0.25, -0.2) is 0 Å². The van der Waals surface area contributed by atoms with E-state index in [4.69, 9.17) is 0 Å². The van der Waals surface area contributed by atoms with Gasteiger partial charge in [0.1, 0.15) is 0 Å². The van der Waals surface area contributed by atoms with E-state index in [2.05, 4.69) is 172 Å². The van der Waals surface area contributed by atoms with Gasteiger partial charge in [0.15, 0.2) is 0 Å². The van der Waals surface area contributed by atoms with Gasteiger partial charge in [-0.2, -0.15) is 0 Å². The van der Waals surface area contributed by atoms with Crippen molar-refractivity contribution in [2.24, 2.45) is 0 Å². The number of anilines is 2. The van der Waals surface area contributed by atoms with E-state index in [9.17, 15) is 0 Å². The zero-order valence-electron chi connectivity index (χ0n) is 25.7. The summed E-state index contributed by atoms with van der Waals surface area (Å²) in [7, 11) is 2.15. The van der Waals surface area contributed by atoms with Crippen molar-refractivity contribution in [2.45, 2.75) is 39.5 Å². The molecule has 0 saturated heterocycles. The smallest absolute Gasteiger partial charge is 0.0531 e. The Morgan fingerprint density at radius 3 is 2.21 bits per heavy atom. The van der Waals surface area contributed by atoms with Gasteiger partial charge in [0.2, 0.25) is 0 Å². The van der Waals surface area contributed by atoms with Crippen LogP contribution in [0.2, 0.25) is 0 Å². The highest BCUT2D eigenvalue weighted by Gasteiger charge is 2.38. The molecule has 5 aromatic carbocycles. The number of para-hydroxylation sites is 2. The Labute approximate surface area is 255 Å². The summed E-state index contributed by atoms with van der Waals surface area (Å²) in [6.07, 6.45) is 3.33. The highest BCUT2D eigenvalue weighted by molar-refractivity contribution is 5.85. The molecule has 0 saturated carbocycles. The van der Waals surface area contributed by atoms with Crippen LogP contribution in [0.4, 0.5) is 11.4 Å². The third kappa shape index (κ3) is 4.32. The van der Waals surface area contributed by atoms with Crippen LogP contribution in [-0.4, -0.2) is 11.6 Å². The molecular formula is C41H38N2. The van der Waals surface area contributed by atoms with E-state index < -0.39 is 0 Å². The summed E-state index contributed by atoms with van der Waals surface area (Å²) in [5.74, 6) is 0. The zero-order chi connectivity index (χ0) is 29.7. The third-order valence-electron chi connectivity index (χ3n) is 9.65. The van der Waals surface area contributed by atoms with Crippen molar-refractivity contribution in [3.63, 3.8) is 0 Å². The number of nitrogens with zero attached hydrogens (tertiary/aromatic N) is 2. The average Bonchev–Trinajstić information content (AvgIpc) is 3.52. The predicted molar refractivity (Wildman–Crippen MR) is 184 cm³/mol. The van der Waals surface area contributed by atoms with Crippen LogP contribution in [-0.2, 0) is 11.8 Å². The number of aryl methyl sites for hydroxylation is 2. The van der Waals surface area contributed by atoms with Gasteiger partial charge in [-0.05, 0) is 109 Å². The first-order chi connectivity index (χ1) is 20.9. The molecule has 0 fully saturated rings. The SMILES string of the molecule is CCc1cc(N(C)c2ccccc2)ccc1-c1ccc(-n2c(C)cc3ccccc32)cc1C1(C)C(C)=Cc2ccccc21. The molecule has 2 heteroatoms. The molecule has 0 bridgehead atoms. The van der Waals surface area contributed by atoms with Crippen molar-refractivity contribution in [1.82, 2.24) is 4.57 Å². The van der Waals surface area contributed by atoms with E-state index in [1.54, 1.807) is 0 Å². The lowest BCUT2D eigenvalue weighted by Gasteiger charge is -2.33. The second-order valence-corrected chi connectivity index (χ2v) is 12.0. The number of hydrogen-bond donors (Lipinski definition) is 0. The monoisotopic (exact) mass is 558 g/mol. The van der Waals surface area contributed by atoms with Gasteiger partial charge in [0.05, 0.1) is 5.52 Å². The second-order valence-electron chi connectivity index (χ2n) is 12.0. The molecule has 0 N–H and O–H groups in total. The Hall–Kier alpha value is -4.82. The van der Waals surface area contributed by atoms with E-state index in [1.165, 1.54) is 72.6 Å². The maximum absolute atomic E-state index is 2.46. The van der Waals surface area contributed by atoms with E-state index in [-0.39, 0.29) is 5.41 Å². The topological polar surface area (TPSA) is 8.17 Å². The fourth-order valence-electron chi connectivity index (χ4n) is 7.13. The number of rotatable bonds is 6. The normalized spacial score (nSPS) is 15.9. The van der Waals surface area contributed by atoms with Gasteiger partial charge in [0.25, 0.3) is 0 Å². The molecule has 1 aromatic heterocycles. The minimum absolute atomic E-state index is 0.247. The minimum Gasteiger partial charge on any atom is -0.345 e. The summed E-state index contributed by atoms with van der Waals surface area (Å²) < 4.78 is 2.41. The van der Waals surface area contributed by atoms with Crippen LogP contribution in [0.15, 0.2) is 127 Å². The number of hydrogen-bond acceptors (Lipinski definition) is 1. The van der Waals surface area contributed by atoms with Crippen LogP contribution in [0.25, 0.3) is 33.8 Å². The molecule has 1 aliphatic carbocycles. The number of aromatic nitrogens is 1. The molecule has 43 heavy (non-hydrogen) atoms. The highest BCUT2D eigenvalue weighted by Crippen LogP contribution is 2.50. The van der Waals surface area contributed by atoms with Gasteiger partial charge in [0, 0.05) is 40.6 Å². The fourth-order valence-corrected chi connectivity index (χ4v) is 7.13. The molecule has 0 aliphatic heterocycles. The van der Waals surface area contributed by atoms with Gasteiger partial charge < -0.3 is 9.47 Å². The summed E-state index contributed by atoms with van der Waals surface area (Å²) in [4.78, 5) is 2.27. The Bertz CT molecular complexity index is 2010. The number of allylic oxidation sites excluding steroid dienone is 1. The van der Waals surface area contributed by atoms with Crippen molar-refractivity contribution in [3.05, 3.63) is 155 Å². The van der Waals surface area contributed by atoms with Crippen LogP contribution in [0, 0.1) is 6.92 Å². The number of fused-ring (bicyclic) bond motifs is 2. The van der Waals surface area contributed by atoms with Crippen molar-refractivity contribution in [3.8, 4) is 16.8 Å². The van der Waals surface area contributed by atoms with E-state index in [0.717, 1.165) is 6.42 Å². The summed E-state index contributed by atoms with van der Waals surface area (Å²) in [6, 6.07) is 44.6. The highest BCUT2D eigenvalue weighted by atomic mass is 15.1. The molecule has 0 spiro atoms. The summed E-state index contributed by atoms with van der Waals surface area (Å²) in [5.41, 5.74) is 15.2. The van der Waals surface area contributed by atoms with Gasteiger partial charge in [-0.1, -0.05) is 91.4 Å². The Morgan fingerprint density at radius 2 is 1.40 bits per heavy atom. The minimum atomic E-state index is -0.247. The van der Waals surface area contributed by atoms with E-state index in [0.29, 0.717) is 0 Å². The molecule has 1 heterocycles. The van der Waals surface area contributed by atoms with E-state index >= 15 is 0 Å². The molecule has 0 radical (unpaired) electrons. The van der Waals surface area contributed by atoms with Crippen molar-refractivity contribution in [1.29, 1.82) is 0 Å². The molecule has 1 unspecified atom stereocenters. The maximum Gasteiger partial charge on any atom is 0.0531 e. The standard InChI is InChI=1S/C41H38N2/c1-6-30-26-34(42(5)33-16-8-7-9-17-33)20-22-36(30)37-23-21-35(43-29(3)25-32-15-11-13-19-40(32)43)27-39(37)41(4)28(2)24-31-14-10-12-18-38(31)41/h7-27H,6H2,1-5H3. The first-order valence-electron chi connectivity index (χ1n) is 15.3. The summed E-state index contributed by atoms with van der Waals surface area (Å²) in [5, 5.41) is 1.27. The Balaban J connectivity index is 1.45. The molecule has 1 atom stereocenters. The lowest BCUT2D eigenvalue weighted by Crippen LogP contribution is -2.24. The zero-order valence-corrected chi connectivity index (χ0v) is 25.7. The fraction of sp³-hybridized carbons (Fsp3) is 0.171. The Kier molecular flexibility index (Phi) is 6.58. The Morgan fingerprint density at radius 1 is 0.674 bits per heavy atom. The first kappa shape index (κ1) is 27.0. The molecule has 2 nitrogen and oxygen atoms in total.